The number of hydrogen-bond acceptors (Lipinski definition) is 2. The summed E-state index contributed by atoms with van der Waals surface area (Å²) in [5, 5.41) is 2.47. The van der Waals surface area contributed by atoms with Crippen LogP contribution in [0, 0.1) is 0 Å². The smallest absolute Gasteiger partial charge is 0.375 e. The molecule has 9 aromatic rings. The van der Waals surface area contributed by atoms with Crippen LogP contribution < -0.4 is 16.0 Å². The zero-order valence-electron chi connectivity index (χ0n) is 53.0. The number of furan rings is 1. The van der Waals surface area contributed by atoms with E-state index in [0.717, 1.165) is 83.4 Å². The topological polar surface area (TPSA) is 21.3 Å². The van der Waals surface area contributed by atoms with Crippen LogP contribution in [0.2, 0.25) is 0 Å². The summed E-state index contributed by atoms with van der Waals surface area (Å²) in [6, 6.07) is 22.9. The Balaban J connectivity index is 1.38. The van der Waals surface area contributed by atoms with Crippen molar-refractivity contribution in [3.63, 3.8) is 0 Å². The van der Waals surface area contributed by atoms with E-state index in [1.807, 2.05) is 18.2 Å². The lowest BCUT2D eigenvalue weighted by Crippen LogP contribution is -2.56. The SMILES string of the molecule is [2H]c1c([2H])c([2H])c(C(c2c([2H])c([2H])c([2H])c([2H])c2[2H])c2cccc3c2c2cc(C(C)(C)C)cc4c2n3B2c3oc5c(C(C)(C)C)cc(C(C)(C)C)cc5c3N(c3ccc(C(C)(C)C)cc3)c3cc(C(C)(C)C)cc-4c32)c([2H])c1[2H]. The normalized spacial score (nSPS) is 16.1. The summed E-state index contributed by atoms with van der Waals surface area (Å²) < 4.78 is 101. The monoisotopic (exact) mass is 915 g/mol. The quantitative estimate of drug-likeness (QED) is 0.130. The van der Waals surface area contributed by atoms with Gasteiger partial charge in [-0.3, -0.25) is 0 Å². The van der Waals surface area contributed by atoms with Crippen LogP contribution in [0.1, 0.15) is 168 Å². The third kappa shape index (κ3) is 7.14. The molecule has 0 spiro atoms. The Morgan fingerprint density at radius 2 is 1.07 bits per heavy atom. The molecule has 0 atom stereocenters. The van der Waals surface area contributed by atoms with Crippen molar-refractivity contribution in [1.29, 1.82) is 0 Å². The van der Waals surface area contributed by atoms with E-state index in [1.165, 1.54) is 11.1 Å². The van der Waals surface area contributed by atoms with Crippen LogP contribution in [-0.2, 0) is 27.1 Å². The summed E-state index contributed by atoms with van der Waals surface area (Å²) in [5.74, 6) is -1.43. The summed E-state index contributed by atoms with van der Waals surface area (Å²) in [7, 11) is 0. The first kappa shape index (κ1) is 34.9. The molecule has 348 valence electrons. The molecular formula is C65H69BN2O. The van der Waals surface area contributed by atoms with Gasteiger partial charge in [0.15, 0.2) is 0 Å². The van der Waals surface area contributed by atoms with Gasteiger partial charge in [0.1, 0.15) is 11.2 Å². The molecule has 2 aromatic heterocycles. The molecule has 2 aliphatic heterocycles. The van der Waals surface area contributed by atoms with E-state index in [0.29, 0.717) is 10.9 Å². The molecule has 0 aliphatic carbocycles. The van der Waals surface area contributed by atoms with Gasteiger partial charge in [0.25, 0.3) is 0 Å². The zero-order valence-corrected chi connectivity index (χ0v) is 43.0. The summed E-state index contributed by atoms with van der Waals surface area (Å²) in [4.78, 5) is 2.43. The summed E-state index contributed by atoms with van der Waals surface area (Å²) >= 11 is 0. The molecule has 0 N–H and O–H groups in total. The number of rotatable bonds is 4. The molecule has 3 nitrogen and oxygen atoms in total. The average Bonchev–Trinajstić information content (AvgIpc) is 2.60. The van der Waals surface area contributed by atoms with Gasteiger partial charge in [-0.25, -0.2) is 0 Å². The summed E-state index contributed by atoms with van der Waals surface area (Å²) in [5.41, 5.74) is 13.6. The second-order valence-electron chi connectivity index (χ2n) is 24.7. The molecule has 4 heterocycles. The highest BCUT2D eigenvalue weighted by molar-refractivity contribution is 6.89. The molecule has 0 fully saturated rings. The van der Waals surface area contributed by atoms with Crippen LogP contribution in [0.15, 0.2) is 144 Å². The van der Waals surface area contributed by atoms with Crippen LogP contribution in [0.3, 0.4) is 0 Å². The van der Waals surface area contributed by atoms with Crippen molar-refractivity contribution >= 4 is 67.8 Å². The van der Waals surface area contributed by atoms with Crippen molar-refractivity contribution < 1.29 is 18.1 Å². The average molecular weight is 915 g/mol. The predicted octanol–water partition coefficient (Wildman–Crippen LogP) is 16.6. The Hall–Kier alpha value is -6.26. The maximum atomic E-state index is 9.51. The fourth-order valence-electron chi connectivity index (χ4n) is 10.9. The van der Waals surface area contributed by atoms with Crippen molar-refractivity contribution in [3.05, 3.63) is 184 Å². The molecule has 69 heavy (non-hydrogen) atoms. The van der Waals surface area contributed by atoms with Crippen LogP contribution in [0.4, 0.5) is 17.1 Å². The summed E-state index contributed by atoms with van der Waals surface area (Å²) in [6.45, 7) is 32.8. The Morgan fingerprint density at radius 1 is 0.536 bits per heavy atom. The Labute approximate surface area is 425 Å². The minimum absolute atomic E-state index is 0.0915. The van der Waals surface area contributed by atoms with Gasteiger partial charge in [-0.1, -0.05) is 201 Å². The highest BCUT2D eigenvalue weighted by atomic mass is 16.3. The fraction of sp³-hybridized carbons (Fsp3) is 0.323. The van der Waals surface area contributed by atoms with Crippen LogP contribution >= 0.6 is 0 Å². The molecule has 0 bridgehead atoms. The number of anilines is 3. The third-order valence-corrected chi connectivity index (χ3v) is 14.8. The van der Waals surface area contributed by atoms with Crippen LogP contribution in [0.5, 0.6) is 0 Å². The van der Waals surface area contributed by atoms with Gasteiger partial charge in [0.2, 0.25) is 0 Å². The zero-order chi connectivity index (χ0) is 57.6. The number of fused-ring (bicyclic) bond motifs is 9. The largest absolute Gasteiger partial charge is 0.466 e. The minimum Gasteiger partial charge on any atom is -0.466 e. The first-order valence-electron chi connectivity index (χ1n) is 29.5. The lowest BCUT2D eigenvalue weighted by Gasteiger charge is -2.40. The number of nitrogens with zero attached hydrogens (tertiary/aromatic N) is 2. The lowest BCUT2D eigenvalue weighted by atomic mass is 9.47. The maximum absolute atomic E-state index is 9.51. The maximum Gasteiger partial charge on any atom is 0.375 e. The molecule has 0 amide bonds. The number of aromatic nitrogens is 1. The van der Waals surface area contributed by atoms with Gasteiger partial charge in [0.05, 0.1) is 19.4 Å². The first-order chi connectivity index (χ1) is 36.5. The van der Waals surface area contributed by atoms with Gasteiger partial charge in [-0.2, -0.15) is 0 Å². The van der Waals surface area contributed by atoms with E-state index in [2.05, 4.69) is 174 Å². The third-order valence-electron chi connectivity index (χ3n) is 14.8. The van der Waals surface area contributed by atoms with Gasteiger partial charge in [0, 0.05) is 55.6 Å². The molecule has 2 aliphatic rings. The van der Waals surface area contributed by atoms with Gasteiger partial charge >= 0.3 is 6.85 Å². The van der Waals surface area contributed by atoms with Crippen molar-refractivity contribution in [2.24, 2.45) is 0 Å². The molecule has 0 saturated carbocycles. The van der Waals surface area contributed by atoms with E-state index in [9.17, 15) is 5.48 Å². The first-order valence-corrected chi connectivity index (χ1v) is 24.5. The second-order valence-corrected chi connectivity index (χ2v) is 24.7. The number of hydrogen-bond donors (Lipinski definition) is 0. The number of benzene rings is 7. The minimum atomic E-state index is -1.43. The standard InChI is InChI=1S/C65H69BN2O/c1-61(2,3)41-29-31-45(32-30-41)67-53-38-44(64(10,11)12)33-47-48-34-42(62(4,5)6)35-49-55-46(54(39-23-18-16-19-24-39)40-25-20-17-21-26-40)27-22-28-52(55)68(57(48)49)66(56(47)53)60-58(67)50-36-43(63(7,8)9)37-51(59(50)69-60)65(13,14)15/h16-38,54H,1-15H3/i16D,17D,18D,19D,20D,21D,23D,24D,25D,26D. The van der Waals surface area contributed by atoms with Gasteiger partial charge in [-0.05, 0) is 120 Å². The van der Waals surface area contributed by atoms with Crippen molar-refractivity contribution in [3.8, 4) is 11.1 Å². The van der Waals surface area contributed by atoms with Gasteiger partial charge in [-0.15, -0.1) is 0 Å². The molecule has 0 saturated heterocycles. The van der Waals surface area contributed by atoms with Crippen molar-refractivity contribution in [1.82, 2.24) is 4.48 Å². The van der Waals surface area contributed by atoms with E-state index in [1.54, 1.807) is 0 Å². The fourth-order valence-corrected chi connectivity index (χ4v) is 10.9. The molecule has 11 rings (SSSR count). The molecule has 0 radical (unpaired) electrons. The summed E-state index contributed by atoms with van der Waals surface area (Å²) in [6.07, 6.45) is 0. The molecular weight excluding hydrogens is 836 g/mol. The van der Waals surface area contributed by atoms with E-state index in [4.69, 9.17) is 12.6 Å². The Bertz CT molecular complexity index is 3990. The molecule has 0 unspecified atom stereocenters. The van der Waals surface area contributed by atoms with Crippen molar-refractivity contribution in [2.45, 2.75) is 137 Å². The van der Waals surface area contributed by atoms with E-state index >= 15 is 0 Å². The van der Waals surface area contributed by atoms with Crippen LogP contribution in [0.25, 0.3) is 43.9 Å². The highest BCUT2D eigenvalue weighted by Gasteiger charge is 2.48. The van der Waals surface area contributed by atoms with Crippen LogP contribution in [-0.4, -0.2) is 11.3 Å². The van der Waals surface area contributed by atoms with Gasteiger partial charge < -0.3 is 13.8 Å². The lowest BCUT2D eigenvalue weighted by molar-refractivity contribution is 0.557. The second kappa shape index (κ2) is 15.1. The molecule has 7 aromatic carbocycles. The predicted molar refractivity (Wildman–Crippen MR) is 297 cm³/mol. The Kier molecular flexibility index (Phi) is 7.66. The highest BCUT2D eigenvalue weighted by Crippen LogP contribution is 2.52. The van der Waals surface area contributed by atoms with E-state index in [-0.39, 0.29) is 32.8 Å². The van der Waals surface area contributed by atoms with Crippen molar-refractivity contribution in [2.75, 3.05) is 4.90 Å². The molecule has 4 heteroatoms. The Morgan fingerprint density at radius 3 is 1.64 bits per heavy atom. The van der Waals surface area contributed by atoms with E-state index < -0.39 is 78.6 Å².